The predicted octanol–water partition coefficient (Wildman–Crippen LogP) is 4.00. The van der Waals surface area contributed by atoms with E-state index in [0.29, 0.717) is 24.4 Å². The van der Waals surface area contributed by atoms with Crippen LogP contribution in [0, 0.1) is 5.92 Å². The lowest BCUT2D eigenvalue weighted by Gasteiger charge is -2.21. The van der Waals surface area contributed by atoms with E-state index in [1.807, 2.05) is 40.6 Å². The molecule has 0 radical (unpaired) electrons. The maximum absolute atomic E-state index is 12.7. The fourth-order valence-corrected chi connectivity index (χ4v) is 4.11. The van der Waals surface area contributed by atoms with E-state index in [9.17, 15) is 9.59 Å². The van der Waals surface area contributed by atoms with Gasteiger partial charge in [-0.05, 0) is 41.5 Å². The average Bonchev–Trinajstić information content (AvgIpc) is 3.25. The fraction of sp³-hybridized carbons (Fsp3) is 0.400. The Morgan fingerprint density at radius 2 is 2.12 bits per heavy atom. The van der Waals surface area contributed by atoms with Crippen LogP contribution in [0.3, 0.4) is 0 Å². The molecule has 4 nitrogen and oxygen atoms in total. The number of carbonyl (C=O) groups excluding carboxylic acids is 2. The highest BCUT2D eigenvalue weighted by Crippen LogP contribution is 2.26. The van der Waals surface area contributed by atoms with Crippen LogP contribution in [-0.4, -0.2) is 23.3 Å². The number of rotatable bonds is 6. The minimum atomic E-state index is -0.0679. The van der Waals surface area contributed by atoms with E-state index in [4.69, 9.17) is 0 Å². The smallest absolute Gasteiger partial charge is 0.251 e. The molecule has 1 N–H and O–H groups in total. The molecule has 0 bridgehead atoms. The monoisotopic (exact) mass is 356 g/mol. The molecule has 1 aliphatic heterocycles. The van der Waals surface area contributed by atoms with Crippen molar-refractivity contribution in [2.75, 3.05) is 6.54 Å². The van der Waals surface area contributed by atoms with E-state index < -0.39 is 0 Å². The standard InChI is InChI=1S/C20H24N2O2S/c1-14(2)19(17-8-5-11-25-17)21-20(24)16-7-3-6-15(12-16)13-22-10-4-9-18(22)23/h3,5-8,11-12,14,19H,4,9-10,13H2,1-2H3,(H,21,24)/t19-/m0/s1. The van der Waals surface area contributed by atoms with Gasteiger partial charge in [0, 0.05) is 30.0 Å². The molecular formula is C20H24N2O2S. The lowest BCUT2D eigenvalue weighted by Crippen LogP contribution is -2.31. The van der Waals surface area contributed by atoms with Crippen LogP contribution >= 0.6 is 11.3 Å². The Morgan fingerprint density at radius 3 is 2.76 bits per heavy atom. The molecule has 2 heterocycles. The van der Waals surface area contributed by atoms with Crippen LogP contribution < -0.4 is 5.32 Å². The van der Waals surface area contributed by atoms with Gasteiger partial charge in [0.1, 0.15) is 0 Å². The summed E-state index contributed by atoms with van der Waals surface area (Å²) in [6.07, 6.45) is 1.56. The molecule has 1 aromatic heterocycles. The van der Waals surface area contributed by atoms with Crippen molar-refractivity contribution >= 4 is 23.2 Å². The number of amides is 2. The zero-order valence-corrected chi connectivity index (χ0v) is 15.5. The second kappa shape index (κ2) is 7.83. The molecule has 1 aliphatic rings. The zero-order valence-electron chi connectivity index (χ0n) is 14.7. The van der Waals surface area contributed by atoms with Gasteiger partial charge in [-0.25, -0.2) is 0 Å². The third-order valence-electron chi connectivity index (χ3n) is 4.54. The van der Waals surface area contributed by atoms with E-state index in [-0.39, 0.29) is 17.9 Å². The molecule has 1 fully saturated rings. The number of thiophene rings is 1. The van der Waals surface area contributed by atoms with Gasteiger partial charge in [-0.1, -0.05) is 32.0 Å². The first-order valence-electron chi connectivity index (χ1n) is 8.75. The number of nitrogens with one attached hydrogen (secondary N) is 1. The average molecular weight is 356 g/mol. The molecule has 1 saturated heterocycles. The first-order chi connectivity index (χ1) is 12.0. The first-order valence-corrected chi connectivity index (χ1v) is 9.63. The van der Waals surface area contributed by atoms with Crippen molar-refractivity contribution in [1.29, 1.82) is 0 Å². The largest absolute Gasteiger partial charge is 0.344 e. The summed E-state index contributed by atoms with van der Waals surface area (Å²) in [5.74, 6) is 0.446. The van der Waals surface area contributed by atoms with E-state index in [1.165, 1.54) is 4.88 Å². The predicted molar refractivity (Wildman–Crippen MR) is 100 cm³/mol. The summed E-state index contributed by atoms with van der Waals surface area (Å²) in [5, 5.41) is 5.19. The summed E-state index contributed by atoms with van der Waals surface area (Å²) in [5.41, 5.74) is 1.64. The molecule has 0 saturated carbocycles. The third-order valence-corrected chi connectivity index (χ3v) is 5.49. The molecule has 25 heavy (non-hydrogen) atoms. The minimum absolute atomic E-state index is 0.0105. The summed E-state index contributed by atoms with van der Waals surface area (Å²) < 4.78 is 0. The van der Waals surface area contributed by atoms with Crippen molar-refractivity contribution in [2.45, 2.75) is 39.3 Å². The molecule has 0 aliphatic carbocycles. The van der Waals surface area contributed by atoms with Gasteiger partial charge in [0.15, 0.2) is 0 Å². The first kappa shape index (κ1) is 17.7. The molecule has 5 heteroatoms. The number of hydrogen-bond donors (Lipinski definition) is 1. The van der Waals surface area contributed by atoms with Crippen LogP contribution in [-0.2, 0) is 11.3 Å². The van der Waals surface area contributed by atoms with Gasteiger partial charge in [-0.3, -0.25) is 9.59 Å². The molecule has 3 rings (SSSR count). The van der Waals surface area contributed by atoms with Gasteiger partial charge < -0.3 is 10.2 Å². The van der Waals surface area contributed by atoms with Gasteiger partial charge in [-0.15, -0.1) is 11.3 Å². The normalized spacial score (nSPS) is 15.6. The van der Waals surface area contributed by atoms with E-state index >= 15 is 0 Å². The summed E-state index contributed by atoms with van der Waals surface area (Å²) >= 11 is 1.66. The second-order valence-corrected chi connectivity index (χ2v) is 7.81. The Kier molecular flexibility index (Phi) is 5.53. The maximum Gasteiger partial charge on any atom is 0.251 e. The van der Waals surface area contributed by atoms with Gasteiger partial charge in [-0.2, -0.15) is 0 Å². The number of benzene rings is 1. The minimum Gasteiger partial charge on any atom is -0.344 e. The maximum atomic E-state index is 12.7. The lowest BCUT2D eigenvalue weighted by molar-refractivity contribution is -0.128. The number of carbonyl (C=O) groups is 2. The summed E-state index contributed by atoms with van der Waals surface area (Å²) in [6, 6.07) is 11.7. The van der Waals surface area contributed by atoms with E-state index in [2.05, 4.69) is 25.2 Å². The second-order valence-electron chi connectivity index (χ2n) is 6.83. The molecule has 1 aromatic carbocycles. The molecule has 132 valence electrons. The summed E-state index contributed by atoms with van der Waals surface area (Å²) in [4.78, 5) is 27.5. The van der Waals surface area contributed by atoms with E-state index in [1.54, 1.807) is 11.3 Å². The summed E-state index contributed by atoms with van der Waals surface area (Å²) in [6.45, 7) is 5.61. The molecule has 2 amide bonds. The van der Waals surface area contributed by atoms with E-state index in [0.717, 1.165) is 18.5 Å². The quantitative estimate of drug-likeness (QED) is 0.850. The Balaban J connectivity index is 1.71. The Bertz CT molecular complexity index is 740. The molecule has 0 spiro atoms. The van der Waals surface area contributed by atoms with Crippen molar-refractivity contribution in [3.05, 3.63) is 57.8 Å². The molecule has 0 unspecified atom stereocenters. The topological polar surface area (TPSA) is 49.4 Å². The Labute approximate surface area is 152 Å². The SMILES string of the molecule is CC(C)[C@H](NC(=O)c1cccc(CN2CCCC2=O)c1)c1cccs1. The zero-order chi connectivity index (χ0) is 17.8. The van der Waals surface area contributed by atoms with Crippen molar-refractivity contribution < 1.29 is 9.59 Å². The van der Waals surface area contributed by atoms with Crippen molar-refractivity contribution in [3.63, 3.8) is 0 Å². The van der Waals surface area contributed by atoms with Crippen LogP contribution in [0.15, 0.2) is 41.8 Å². The Morgan fingerprint density at radius 1 is 1.28 bits per heavy atom. The van der Waals surface area contributed by atoms with Crippen LogP contribution in [0.5, 0.6) is 0 Å². The highest BCUT2D eigenvalue weighted by Gasteiger charge is 2.22. The molecule has 1 atom stereocenters. The van der Waals surface area contributed by atoms with Crippen LogP contribution in [0.2, 0.25) is 0 Å². The lowest BCUT2D eigenvalue weighted by atomic mass is 10.0. The number of hydrogen-bond acceptors (Lipinski definition) is 3. The van der Waals surface area contributed by atoms with Gasteiger partial charge in [0.2, 0.25) is 5.91 Å². The summed E-state index contributed by atoms with van der Waals surface area (Å²) in [7, 11) is 0. The van der Waals surface area contributed by atoms with Crippen LogP contribution in [0.25, 0.3) is 0 Å². The highest BCUT2D eigenvalue weighted by atomic mass is 32.1. The third kappa shape index (κ3) is 4.28. The van der Waals surface area contributed by atoms with Gasteiger partial charge >= 0.3 is 0 Å². The van der Waals surface area contributed by atoms with Crippen molar-refractivity contribution in [2.24, 2.45) is 5.92 Å². The van der Waals surface area contributed by atoms with Crippen LogP contribution in [0.4, 0.5) is 0 Å². The molecule has 2 aromatic rings. The highest BCUT2D eigenvalue weighted by molar-refractivity contribution is 7.10. The van der Waals surface area contributed by atoms with Crippen molar-refractivity contribution in [1.82, 2.24) is 10.2 Å². The molecular weight excluding hydrogens is 332 g/mol. The Hall–Kier alpha value is -2.14. The number of nitrogens with zero attached hydrogens (tertiary/aromatic N) is 1. The van der Waals surface area contributed by atoms with Crippen LogP contribution in [0.1, 0.15) is 53.5 Å². The number of likely N-dealkylation sites (tertiary alicyclic amines) is 1. The van der Waals surface area contributed by atoms with Gasteiger partial charge in [0.05, 0.1) is 6.04 Å². The fourth-order valence-electron chi connectivity index (χ4n) is 3.16. The van der Waals surface area contributed by atoms with Crippen molar-refractivity contribution in [3.8, 4) is 0 Å². The van der Waals surface area contributed by atoms with Gasteiger partial charge in [0.25, 0.3) is 5.91 Å².